The van der Waals surface area contributed by atoms with Crippen LogP contribution in [0, 0.1) is 13.8 Å². The number of hydrogen-bond acceptors (Lipinski definition) is 4. The summed E-state index contributed by atoms with van der Waals surface area (Å²) >= 11 is 1.69. The summed E-state index contributed by atoms with van der Waals surface area (Å²) in [5.74, 6) is 0.874. The van der Waals surface area contributed by atoms with Gasteiger partial charge in [0.05, 0.1) is 16.4 Å². The van der Waals surface area contributed by atoms with Crippen LogP contribution in [-0.4, -0.2) is 19.5 Å². The molecule has 0 atom stereocenters. The van der Waals surface area contributed by atoms with Gasteiger partial charge in [-0.25, -0.2) is 15.0 Å². The van der Waals surface area contributed by atoms with Crippen molar-refractivity contribution in [3.05, 3.63) is 72.3 Å². The molecule has 0 unspecified atom stereocenters. The van der Waals surface area contributed by atoms with E-state index in [1.54, 1.807) is 17.7 Å². The monoisotopic (exact) mass is 356 g/mol. The van der Waals surface area contributed by atoms with Crippen LogP contribution in [0.3, 0.4) is 0 Å². The lowest BCUT2D eigenvalue weighted by molar-refractivity contribution is 1.02. The molecule has 126 valence electrons. The molecule has 0 fully saturated rings. The summed E-state index contributed by atoms with van der Waals surface area (Å²) in [5.41, 5.74) is 5.75. The van der Waals surface area contributed by atoms with E-state index >= 15 is 0 Å². The summed E-state index contributed by atoms with van der Waals surface area (Å²) < 4.78 is 2.06. The summed E-state index contributed by atoms with van der Waals surface area (Å²) in [6.07, 6.45) is 3.49. The third-order valence-electron chi connectivity index (χ3n) is 4.76. The van der Waals surface area contributed by atoms with Crippen LogP contribution in [0.25, 0.3) is 37.5 Å². The molecule has 0 aliphatic rings. The number of rotatable bonds is 2. The predicted octanol–water partition coefficient (Wildman–Crippen LogP) is 5.31. The summed E-state index contributed by atoms with van der Waals surface area (Å²) in [4.78, 5) is 15.8. The Labute approximate surface area is 154 Å². The van der Waals surface area contributed by atoms with Gasteiger partial charge < -0.3 is 0 Å². The molecule has 0 aliphatic heterocycles. The highest BCUT2D eigenvalue weighted by Crippen LogP contribution is 2.35. The Morgan fingerprint density at radius 3 is 2.54 bits per heavy atom. The minimum Gasteiger partial charge on any atom is -0.282 e. The van der Waals surface area contributed by atoms with E-state index in [2.05, 4.69) is 75.8 Å². The van der Waals surface area contributed by atoms with E-state index in [4.69, 9.17) is 0 Å². The van der Waals surface area contributed by atoms with Gasteiger partial charge in [0, 0.05) is 4.88 Å². The van der Waals surface area contributed by atoms with Gasteiger partial charge in [-0.1, -0.05) is 30.3 Å². The van der Waals surface area contributed by atoms with E-state index in [9.17, 15) is 0 Å². The Morgan fingerprint density at radius 2 is 1.69 bits per heavy atom. The van der Waals surface area contributed by atoms with Crippen molar-refractivity contribution in [1.82, 2.24) is 19.5 Å². The molecule has 2 aromatic carbocycles. The lowest BCUT2D eigenvalue weighted by Crippen LogP contribution is -1.97. The third-order valence-corrected chi connectivity index (χ3v) is 5.85. The minimum absolute atomic E-state index is 0.874. The maximum atomic E-state index is 4.58. The van der Waals surface area contributed by atoms with Crippen molar-refractivity contribution in [2.75, 3.05) is 0 Å². The first-order chi connectivity index (χ1) is 12.7. The molecule has 5 aromatic rings. The van der Waals surface area contributed by atoms with E-state index in [0.29, 0.717) is 0 Å². The number of benzene rings is 2. The van der Waals surface area contributed by atoms with Gasteiger partial charge in [-0.2, -0.15) is 0 Å². The molecule has 0 radical (unpaired) electrons. The van der Waals surface area contributed by atoms with Crippen LogP contribution in [0.15, 0.2) is 61.2 Å². The second-order valence-electron chi connectivity index (χ2n) is 6.43. The predicted molar refractivity (Wildman–Crippen MR) is 107 cm³/mol. The van der Waals surface area contributed by atoms with Gasteiger partial charge in [0.1, 0.15) is 17.5 Å². The van der Waals surface area contributed by atoms with Crippen molar-refractivity contribution in [1.29, 1.82) is 0 Å². The topological polar surface area (TPSA) is 43.6 Å². The van der Waals surface area contributed by atoms with Crippen LogP contribution in [0.5, 0.6) is 0 Å². The Morgan fingerprint density at radius 1 is 0.885 bits per heavy atom. The maximum Gasteiger partial charge on any atom is 0.150 e. The highest BCUT2D eigenvalue weighted by molar-refractivity contribution is 7.21. The van der Waals surface area contributed by atoms with E-state index < -0.39 is 0 Å². The van der Waals surface area contributed by atoms with Gasteiger partial charge in [0.25, 0.3) is 0 Å². The zero-order valence-corrected chi connectivity index (χ0v) is 15.3. The van der Waals surface area contributed by atoms with Crippen molar-refractivity contribution >= 4 is 32.6 Å². The Bertz CT molecular complexity index is 1250. The number of aryl methyl sites for hydroxylation is 2. The van der Waals surface area contributed by atoms with Gasteiger partial charge in [-0.3, -0.25) is 4.57 Å². The highest BCUT2D eigenvalue weighted by atomic mass is 32.1. The van der Waals surface area contributed by atoms with Crippen molar-refractivity contribution in [2.45, 2.75) is 13.8 Å². The molecule has 3 heterocycles. The van der Waals surface area contributed by atoms with Crippen LogP contribution < -0.4 is 0 Å². The highest BCUT2D eigenvalue weighted by Gasteiger charge is 2.14. The molecule has 0 N–H and O–H groups in total. The van der Waals surface area contributed by atoms with Crippen molar-refractivity contribution in [2.24, 2.45) is 0 Å². The Balaban J connectivity index is 1.75. The first-order valence-corrected chi connectivity index (χ1v) is 9.27. The van der Waals surface area contributed by atoms with Gasteiger partial charge in [0.2, 0.25) is 0 Å². The lowest BCUT2D eigenvalue weighted by Gasteiger charge is -2.06. The number of aromatic nitrogens is 4. The maximum absolute atomic E-state index is 4.58. The number of imidazole rings is 1. The zero-order valence-electron chi connectivity index (χ0n) is 14.5. The summed E-state index contributed by atoms with van der Waals surface area (Å²) in [6.45, 7) is 4.24. The molecule has 0 saturated carbocycles. The molecule has 4 nitrogen and oxygen atoms in total. The minimum atomic E-state index is 0.874. The Kier molecular flexibility index (Phi) is 3.36. The standard InChI is InChI=1S/C21H16N4S/c1-13-8-17-18(9-14(13)2)25(12-24-17)20-16-10-19(15-6-4-3-5-7-15)26-21(16)23-11-22-20/h3-12H,1-2H3. The molecule has 5 rings (SSSR count). The van der Waals surface area contributed by atoms with Gasteiger partial charge >= 0.3 is 0 Å². The number of hydrogen-bond donors (Lipinski definition) is 0. The third kappa shape index (κ3) is 2.32. The SMILES string of the molecule is Cc1cc2ncn(-c3ncnc4sc(-c5ccccc5)cc34)c2cc1C. The first kappa shape index (κ1) is 15.2. The van der Waals surface area contributed by atoms with Crippen molar-refractivity contribution in [3.8, 4) is 16.3 Å². The van der Waals surface area contributed by atoms with E-state index in [1.807, 2.05) is 12.4 Å². The van der Waals surface area contributed by atoms with Crippen molar-refractivity contribution in [3.63, 3.8) is 0 Å². The summed E-state index contributed by atoms with van der Waals surface area (Å²) in [6, 6.07) is 16.9. The van der Waals surface area contributed by atoms with Gasteiger partial charge in [0.15, 0.2) is 5.82 Å². The Hall–Kier alpha value is -3.05. The largest absolute Gasteiger partial charge is 0.282 e. The molecule has 0 amide bonds. The smallest absolute Gasteiger partial charge is 0.150 e. The number of nitrogens with zero attached hydrogens (tertiary/aromatic N) is 4. The zero-order chi connectivity index (χ0) is 17.7. The fraction of sp³-hybridized carbons (Fsp3) is 0.0952. The van der Waals surface area contributed by atoms with Crippen molar-refractivity contribution < 1.29 is 0 Å². The van der Waals surface area contributed by atoms with Gasteiger partial charge in [-0.05, 0) is 48.7 Å². The van der Waals surface area contributed by atoms with Gasteiger partial charge in [-0.15, -0.1) is 11.3 Å². The fourth-order valence-corrected chi connectivity index (χ4v) is 4.21. The molecule has 0 spiro atoms. The molecule has 5 heteroatoms. The average molecular weight is 356 g/mol. The van der Waals surface area contributed by atoms with E-state index in [1.165, 1.54) is 21.6 Å². The molecule has 0 aliphatic carbocycles. The summed E-state index contributed by atoms with van der Waals surface area (Å²) in [7, 11) is 0. The van der Waals surface area contributed by atoms with E-state index in [-0.39, 0.29) is 0 Å². The lowest BCUT2D eigenvalue weighted by atomic mass is 10.1. The molecular formula is C21H16N4S. The average Bonchev–Trinajstić information content (AvgIpc) is 3.27. The normalized spacial score (nSPS) is 11.5. The second kappa shape index (κ2) is 5.75. The van der Waals surface area contributed by atoms with Crippen LogP contribution in [-0.2, 0) is 0 Å². The quantitative estimate of drug-likeness (QED) is 0.430. The first-order valence-electron chi connectivity index (χ1n) is 8.45. The fourth-order valence-electron chi connectivity index (χ4n) is 3.21. The molecule has 0 bridgehead atoms. The molecule has 0 saturated heterocycles. The molecule has 3 aromatic heterocycles. The van der Waals surface area contributed by atoms with Crippen LogP contribution in [0.4, 0.5) is 0 Å². The number of fused-ring (bicyclic) bond motifs is 2. The van der Waals surface area contributed by atoms with E-state index in [0.717, 1.165) is 27.1 Å². The van der Waals surface area contributed by atoms with Crippen LogP contribution >= 0.6 is 11.3 Å². The summed E-state index contributed by atoms with van der Waals surface area (Å²) in [5, 5.41) is 1.05. The van der Waals surface area contributed by atoms with Crippen LogP contribution in [0.1, 0.15) is 11.1 Å². The van der Waals surface area contributed by atoms with Crippen LogP contribution in [0.2, 0.25) is 0 Å². The second-order valence-corrected chi connectivity index (χ2v) is 7.46. The number of thiophene rings is 1. The molecule has 26 heavy (non-hydrogen) atoms. The molecular weight excluding hydrogens is 340 g/mol.